The first-order chi connectivity index (χ1) is 11.0. The lowest BCUT2D eigenvalue weighted by molar-refractivity contribution is 0.0628. The van der Waals surface area contributed by atoms with Crippen LogP contribution in [-0.4, -0.2) is 36.5 Å². The third-order valence-corrected chi connectivity index (χ3v) is 6.10. The van der Waals surface area contributed by atoms with E-state index >= 15 is 0 Å². The van der Waals surface area contributed by atoms with Crippen LogP contribution in [-0.2, 0) is 15.6 Å². The Morgan fingerprint density at radius 3 is 1.75 bits per heavy atom. The first-order valence-corrected chi connectivity index (χ1v) is 9.43. The number of fused-ring (bicyclic) bond motifs is 1. The van der Waals surface area contributed by atoms with Crippen LogP contribution in [0.4, 0.5) is 0 Å². The molecule has 2 heterocycles. The van der Waals surface area contributed by atoms with Gasteiger partial charge in [-0.2, -0.15) is 0 Å². The first kappa shape index (κ1) is 19.1. The molecule has 1 aliphatic rings. The zero-order valence-electron chi connectivity index (χ0n) is 15.9. The Labute approximate surface area is 149 Å². The van der Waals surface area contributed by atoms with E-state index in [2.05, 4.69) is 41.5 Å². The molecular weight excluding hydrogens is 322 g/mol. The minimum atomic E-state index is -0.157. The average molecular weight is 352 g/mol. The van der Waals surface area contributed by atoms with Crippen molar-refractivity contribution in [1.29, 1.82) is 0 Å². The first-order valence-electron chi connectivity index (χ1n) is 8.61. The van der Waals surface area contributed by atoms with Gasteiger partial charge < -0.3 is 4.74 Å². The Balaban J connectivity index is 2.43. The van der Waals surface area contributed by atoms with Crippen molar-refractivity contribution in [2.75, 3.05) is 19.8 Å². The Morgan fingerprint density at radius 1 is 0.917 bits per heavy atom. The van der Waals surface area contributed by atoms with Crippen LogP contribution in [0.1, 0.15) is 85.4 Å². The summed E-state index contributed by atoms with van der Waals surface area (Å²) in [7, 11) is 0. The molecule has 0 unspecified atom stereocenters. The third kappa shape index (κ3) is 3.42. The highest BCUT2D eigenvalue weighted by Crippen LogP contribution is 2.45. The molecule has 0 spiro atoms. The highest BCUT2D eigenvalue weighted by molar-refractivity contribution is 7.13. The van der Waals surface area contributed by atoms with Gasteiger partial charge in [0.15, 0.2) is 0 Å². The molecule has 0 N–H and O–H groups in total. The predicted octanol–water partition coefficient (Wildman–Crippen LogP) is 4.37. The fraction of sp³-hybridized carbons (Fsp3) is 0.684. The molecule has 0 fully saturated rings. The third-order valence-electron chi connectivity index (χ3n) is 4.06. The van der Waals surface area contributed by atoms with Crippen molar-refractivity contribution in [2.24, 2.45) is 0 Å². The molecule has 4 nitrogen and oxygen atoms in total. The summed E-state index contributed by atoms with van der Waals surface area (Å²) in [5.74, 6) is -0.272. The number of thiophene rings is 1. The van der Waals surface area contributed by atoms with Crippen LogP contribution in [0.25, 0.3) is 0 Å². The van der Waals surface area contributed by atoms with E-state index in [-0.39, 0.29) is 22.6 Å². The molecule has 0 aromatic carbocycles. The van der Waals surface area contributed by atoms with Crippen LogP contribution in [0.2, 0.25) is 0 Å². The maximum atomic E-state index is 12.9. The highest BCUT2D eigenvalue weighted by Gasteiger charge is 2.45. The molecule has 1 aromatic rings. The van der Waals surface area contributed by atoms with Crippen molar-refractivity contribution in [3.8, 4) is 0 Å². The van der Waals surface area contributed by atoms with Gasteiger partial charge in [0.25, 0.3) is 11.8 Å². The summed E-state index contributed by atoms with van der Waals surface area (Å²) in [5, 5.41) is 0. The molecule has 0 bridgehead atoms. The molecule has 5 heteroatoms. The number of hydrogen-bond donors (Lipinski definition) is 0. The molecule has 0 saturated carbocycles. The van der Waals surface area contributed by atoms with Crippen LogP contribution in [0.5, 0.6) is 0 Å². The minimum Gasteiger partial charge on any atom is -0.382 e. The summed E-state index contributed by atoms with van der Waals surface area (Å²) in [6, 6.07) is 0. The van der Waals surface area contributed by atoms with Crippen LogP contribution < -0.4 is 0 Å². The molecule has 134 valence electrons. The summed E-state index contributed by atoms with van der Waals surface area (Å²) in [6.07, 6.45) is 0.675. The largest absolute Gasteiger partial charge is 0.382 e. The van der Waals surface area contributed by atoms with Gasteiger partial charge in [0.2, 0.25) is 0 Å². The second kappa shape index (κ2) is 6.60. The maximum Gasteiger partial charge on any atom is 0.262 e. The number of hydrogen-bond acceptors (Lipinski definition) is 4. The second-order valence-electron chi connectivity index (χ2n) is 8.32. The SMILES string of the molecule is CCOCCCN1C(=O)c2c(C(C)(C)C)sc(C(C)(C)C)c2C1=O. The Bertz CT molecular complexity index is 598. The summed E-state index contributed by atoms with van der Waals surface area (Å²) < 4.78 is 5.33. The summed E-state index contributed by atoms with van der Waals surface area (Å²) in [5.41, 5.74) is 0.961. The maximum absolute atomic E-state index is 12.9. The van der Waals surface area contributed by atoms with Crippen molar-refractivity contribution in [3.63, 3.8) is 0 Å². The lowest BCUT2D eigenvalue weighted by atomic mass is 9.87. The Morgan fingerprint density at radius 2 is 1.38 bits per heavy atom. The number of carbonyl (C=O) groups is 2. The van der Waals surface area contributed by atoms with Crippen LogP contribution >= 0.6 is 11.3 Å². The van der Waals surface area contributed by atoms with Gasteiger partial charge in [-0.25, -0.2) is 0 Å². The van der Waals surface area contributed by atoms with Gasteiger partial charge in [0.1, 0.15) is 0 Å². The van der Waals surface area contributed by atoms with E-state index in [1.54, 1.807) is 11.3 Å². The van der Waals surface area contributed by atoms with E-state index in [0.29, 0.717) is 37.3 Å². The van der Waals surface area contributed by atoms with E-state index < -0.39 is 0 Å². The molecule has 24 heavy (non-hydrogen) atoms. The standard InChI is InChI=1S/C19H29NO3S/c1-8-23-11-9-10-20-16(21)12-13(17(20)22)15(19(5,6)7)24-14(12)18(2,3)4/h8-11H2,1-7H3. The van der Waals surface area contributed by atoms with Crippen LogP contribution in [0.15, 0.2) is 0 Å². The fourth-order valence-electron chi connectivity index (χ4n) is 2.93. The zero-order valence-corrected chi connectivity index (χ0v) is 16.7. The van der Waals surface area contributed by atoms with Crippen molar-refractivity contribution >= 4 is 23.2 Å². The van der Waals surface area contributed by atoms with Crippen molar-refractivity contribution in [3.05, 3.63) is 20.9 Å². The number of amides is 2. The van der Waals surface area contributed by atoms with E-state index in [1.165, 1.54) is 4.90 Å². The minimum absolute atomic E-state index is 0.136. The van der Waals surface area contributed by atoms with Gasteiger partial charge in [-0.15, -0.1) is 11.3 Å². The Hall–Kier alpha value is -1.20. The predicted molar refractivity (Wildman–Crippen MR) is 98.2 cm³/mol. The molecule has 2 rings (SSSR count). The Kier molecular flexibility index (Phi) is 5.26. The lowest BCUT2D eigenvalue weighted by Crippen LogP contribution is -2.32. The van der Waals surface area contributed by atoms with E-state index in [4.69, 9.17) is 4.74 Å². The molecule has 1 aliphatic heterocycles. The number of rotatable bonds is 5. The van der Waals surface area contributed by atoms with E-state index in [1.807, 2.05) is 6.92 Å². The number of nitrogens with zero attached hydrogens (tertiary/aromatic N) is 1. The number of carbonyl (C=O) groups excluding carboxylic acids is 2. The zero-order chi connectivity index (χ0) is 18.3. The summed E-state index contributed by atoms with van der Waals surface area (Å²) >= 11 is 1.62. The van der Waals surface area contributed by atoms with Crippen LogP contribution in [0.3, 0.4) is 0 Å². The number of ether oxygens (including phenoxy) is 1. The molecule has 2 amide bonds. The van der Waals surface area contributed by atoms with Gasteiger partial charge in [0.05, 0.1) is 11.1 Å². The molecule has 0 aliphatic carbocycles. The normalized spacial score (nSPS) is 15.4. The molecule has 1 aromatic heterocycles. The van der Waals surface area contributed by atoms with Gasteiger partial charge in [-0.3, -0.25) is 14.5 Å². The molecule has 0 atom stereocenters. The van der Waals surface area contributed by atoms with Crippen LogP contribution in [0, 0.1) is 0 Å². The lowest BCUT2D eigenvalue weighted by Gasteiger charge is -2.22. The van der Waals surface area contributed by atoms with Gasteiger partial charge in [0, 0.05) is 29.5 Å². The quantitative estimate of drug-likeness (QED) is 0.585. The smallest absolute Gasteiger partial charge is 0.262 e. The topological polar surface area (TPSA) is 46.6 Å². The highest BCUT2D eigenvalue weighted by atomic mass is 32.1. The second-order valence-corrected chi connectivity index (χ2v) is 9.34. The summed E-state index contributed by atoms with van der Waals surface area (Å²) in [4.78, 5) is 29.3. The monoisotopic (exact) mass is 351 g/mol. The summed E-state index contributed by atoms with van der Waals surface area (Å²) in [6.45, 7) is 16.2. The molecular formula is C19H29NO3S. The van der Waals surface area contributed by atoms with Crippen molar-refractivity contribution in [1.82, 2.24) is 4.90 Å². The molecule has 0 saturated heterocycles. The average Bonchev–Trinajstić information content (AvgIpc) is 2.95. The van der Waals surface area contributed by atoms with E-state index in [9.17, 15) is 9.59 Å². The van der Waals surface area contributed by atoms with Gasteiger partial charge >= 0.3 is 0 Å². The van der Waals surface area contributed by atoms with Crippen molar-refractivity contribution in [2.45, 2.75) is 65.7 Å². The van der Waals surface area contributed by atoms with Gasteiger partial charge in [-0.05, 0) is 24.2 Å². The van der Waals surface area contributed by atoms with Crippen molar-refractivity contribution < 1.29 is 14.3 Å². The van der Waals surface area contributed by atoms with Gasteiger partial charge in [-0.1, -0.05) is 41.5 Å². The fourth-order valence-corrected chi connectivity index (χ4v) is 4.33. The molecule has 0 radical (unpaired) electrons. The number of imide groups is 1. The van der Waals surface area contributed by atoms with E-state index in [0.717, 1.165) is 9.75 Å².